The van der Waals surface area contributed by atoms with Gasteiger partial charge in [-0.25, -0.2) is 0 Å². The summed E-state index contributed by atoms with van der Waals surface area (Å²) in [5.41, 5.74) is 8.44. The monoisotopic (exact) mass is 312 g/mol. The van der Waals surface area contributed by atoms with E-state index >= 15 is 0 Å². The quantitative estimate of drug-likeness (QED) is 0.857. The van der Waals surface area contributed by atoms with E-state index in [1.807, 2.05) is 38.1 Å². The molecule has 5 nitrogen and oxygen atoms in total. The van der Waals surface area contributed by atoms with E-state index in [0.29, 0.717) is 12.1 Å². The smallest absolute Gasteiger partial charge is 0.258 e. The lowest BCUT2D eigenvalue weighted by atomic mass is 10.1. The largest absolute Gasteiger partial charge is 0.483 e. The van der Waals surface area contributed by atoms with Gasteiger partial charge >= 0.3 is 0 Å². The van der Waals surface area contributed by atoms with Crippen molar-refractivity contribution < 1.29 is 14.3 Å². The Kier molecular flexibility index (Phi) is 5.36. The Balaban J connectivity index is 1.88. The van der Waals surface area contributed by atoms with Crippen LogP contribution in [0.25, 0.3) is 0 Å². The molecular weight excluding hydrogens is 292 g/mol. The molecule has 23 heavy (non-hydrogen) atoms. The molecule has 120 valence electrons. The van der Waals surface area contributed by atoms with Gasteiger partial charge in [-0.05, 0) is 42.7 Å². The number of hydrogen-bond acceptors (Lipinski definition) is 3. The molecule has 2 rings (SSSR count). The van der Waals surface area contributed by atoms with Crippen LogP contribution in [-0.2, 0) is 11.3 Å². The van der Waals surface area contributed by atoms with E-state index in [-0.39, 0.29) is 12.5 Å². The van der Waals surface area contributed by atoms with Gasteiger partial charge in [0.1, 0.15) is 5.75 Å². The summed E-state index contributed by atoms with van der Waals surface area (Å²) >= 11 is 0. The summed E-state index contributed by atoms with van der Waals surface area (Å²) in [4.78, 5) is 23.0. The molecule has 0 heterocycles. The highest BCUT2D eigenvalue weighted by Gasteiger charge is 2.08. The van der Waals surface area contributed by atoms with Crippen LogP contribution >= 0.6 is 0 Å². The molecule has 0 saturated heterocycles. The number of primary amides is 1. The number of para-hydroxylation sites is 1. The Morgan fingerprint density at radius 2 is 1.74 bits per heavy atom. The predicted octanol–water partition coefficient (Wildman–Crippen LogP) is 2.10. The highest BCUT2D eigenvalue weighted by Crippen LogP contribution is 2.21. The zero-order valence-corrected chi connectivity index (χ0v) is 13.3. The van der Waals surface area contributed by atoms with E-state index in [1.165, 1.54) is 0 Å². The predicted molar refractivity (Wildman–Crippen MR) is 88.2 cm³/mol. The van der Waals surface area contributed by atoms with Crippen LogP contribution in [0.4, 0.5) is 0 Å². The Hall–Kier alpha value is -2.82. The third kappa shape index (κ3) is 4.57. The molecule has 0 atom stereocenters. The van der Waals surface area contributed by atoms with Crippen LogP contribution in [0.15, 0.2) is 42.5 Å². The van der Waals surface area contributed by atoms with Gasteiger partial charge in [0.15, 0.2) is 6.61 Å². The van der Waals surface area contributed by atoms with Crippen LogP contribution in [0, 0.1) is 13.8 Å². The third-order valence-corrected chi connectivity index (χ3v) is 3.46. The zero-order valence-electron chi connectivity index (χ0n) is 13.3. The fourth-order valence-electron chi connectivity index (χ4n) is 2.25. The number of amides is 2. The molecule has 3 N–H and O–H groups in total. The lowest BCUT2D eigenvalue weighted by Crippen LogP contribution is -2.28. The average molecular weight is 312 g/mol. The second-order valence-electron chi connectivity index (χ2n) is 5.35. The first-order valence-electron chi connectivity index (χ1n) is 7.32. The molecule has 0 spiro atoms. The number of hydrogen-bond donors (Lipinski definition) is 2. The topological polar surface area (TPSA) is 81.4 Å². The summed E-state index contributed by atoms with van der Waals surface area (Å²) in [7, 11) is 0. The maximum atomic E-state index is 11.9. The molecule has 0 aliphatic rings. The van der Waals surface area contributed by atoms with E-state index in [1.54, 1.807) is 18.2 Å². The Morgan fingerprint density at radius 1 is 1.09 bits per heavy atom. The summed E-state index contributed by atoms with van der Waals surface area (Å²) in [5, 5.41) is 2.76. The van der Waals surface area contributed by atoms with Crippen molar-refractivity contribution in [1.82, 2.24) is 5.32 Å². The summed E-state index contributed by atoms with van der Waals surface area (Å²) in [6.07, 6.45) is 0. The fraction of sp³-hybridized carbons (Fsp3) is 0.222. The second kappa shape index (κ2) is 7.45. The molecular formula is C18H20N2O3. The Labute approximate surface area is 135 Å². The van der Waals surface area contributed by atoms with Crippen LogP contribution in [0.5, 0.6) is 5.75 Å². The van der Waals surface area contributed by atoms with Crippen molar-refractivity contribution in [2.24, 2.45) is 5.73 Å². The van der Waals surface area contributed by atoms with Gasteiger partial charge in [-0.3, -0.25) is 9.59 Å². The van der Waals surface area contributed by atoms with E-state index in [0.717, 1.165) is 22.4 Å². The minimum atomic E-state index is -0.489. The highest BCUT2D eigenvalue weighted by atomic mass is 16.5. The molecule has 0 aliphatic carbocycles. The minimum Gasteiger partial charge on any atom is -0.483 e. The number of aryl methyl sites for hydroxylation is 2. The third-order valence-electron chi connectivity index (χ3n) is 3.46. The van der Waals surface area contributed by atoms with E-state index < -0.39 is 5.91 Å². The second-order valence-corrected chi connectivity index (χ2v) is 5.35. The fourth-order valence-corrected chi connectivity index (χ4v) is 2.25. The number of ether oxygens (including phenoxy) is 1. The lowest BCUT2D eigenvalue weighted by Gasteiger charge is -2.12. The molecule has 0 radical (unpaired) electrons. The van der Waals surface area contributed by atoms with Crippen LogP contribution in [-0.4, -0.2) is 18.4 Å². The van der Waals surface area contributed by atoms with Gasteiger partial charge in [0.05, 0.1) is 0 Å². The van der Waals surface area contributed by atoms with Crippen molar-refractivity contribution in [1.29, 1.82) is 0 Å². The number of carbonyl (C=O) groups is 2. The van der Waals surface area contributed by atoms with Crippen LogP contribution in [0.1, 0.15) is 27.0 Å². The first-order chi connectivity index (χ1) is 11.0. The first kappa shape index (κ1) is 16.5. The standard InChI is InChI=1S/C18H20N2O3/c1-12-5-3-6-13(2)17(12)23-11-16(21)20-10-14-7-4-8-15(9-14)18(19)22/h3-9H,10-11H2,1-2H3,(H2,19,22)(H,20,21). The number of nitrogens with one attached hydrogen (secondary N) is 1. The molecule has 0 aromatic heterocycles. The molecule has 0 bridgehead atoms. The molecule has 0 unspecified atom stereocenters. The van der Waals surface area contributed by atoms with E-state index in [2.05, 4.69) is 5.32 Å². The van der Waals surface area contributed by atoms with Crippen molar-refractivity contribution in [2.75, 3.05) is 6.61 Å². The van der Waals surface area contributed by atoms with Gasteiger partial charge in [0.2, 0.25) is 5.91 Å². The molecule has 2 aromatic rings. The van der Waals surface area contributed by atoms with E-state index in [4.69, 9.17) is 10.5 Å². The van der Waals surface area contributed by atoms with Crippen molar-refractivity contribution in [3.05, 3.63) is 64.7 Å². The Bertz CT molecular complexity index is 706. The van der Waals surface area contributed by atoms with Crippen molar-refractivity contribution in [3.63, 3.8) is 0 Å². The van der Waals surface area contributed by atoms with Crippen LogP contribution < -0.4 is 15.8 Å². The zero-order chi connectivity index (χ0) is 16.8. The summed E-state index contributed by atoms with van der Waals surface area (Å²) in [5.74, 6) is 0.0204. The van der Waals surface area contributed by atoms with Gasteiger partial charge in [-0.1, -0.05) is 30.3 Å². The van der Waals surface area contributed by atoms with Gasteiger partial charge < -0.3 is 15.8 Å². The van der Waals surface area contributed by atoms with Crippen LogP contribution in [0.3, 0.4) is 0 Å². The van der Waals surface area contributed by atoms with Crippen molar-refractivity contribution in [2.45, 2.75) is 20.4 Å². The maximum Gasteiger partial charge on any atom is 0.258 e. The molecule has 0 aliphatic heterocycles. The average Bonchev–Trinajstić information content (AvgIpc) is 2.52. The maximum absolute atomic E-state index is 11.9. The van der Waals surface area contributed by atoms with E-state index in [9.17, 15) is 9.59 Å². The number of carbonyl (C=O) groups excluding carboxylic acids is 2. The highest BCUT2D eigenvalue weighted by molar-refractivity contribution is 5.92. The SMILES string of the molecule is Cc1cccc(C)c1OCC(=O)NCc1cccc(C(N)=O)c1. The molecule has 2 amide bonds. The van der Waals surface area contributed by atoms with Gasteiger partial charge in [-0.15, -0.1) is 0 Å². The summed E-state index contributed by atoms with van der Waals surface area (Å²) < 4.78 is 5.59. The minimum absolute atomic E-state index is 0.0544. The molecule has 0 saturated carbocycles. The molecule has 0 fully saturated rings. The first-order valence-corrected chi connectivity index (χ1v) is 7.32. The lowest BCUT2D eigenvalue weighted by molar-refractivity contribution is -0.123. The summed E-state index contributed by atoms with van der Waals surface area (Å²) in [6.45, 7) is 4.14. The van der Waals surface area contributed by atoms with Gasteiger partial charge in [0.25, 0.3) is 5.91 Å². The van der Waals surface area contributed by atoms with Gasteiger partial charge in [-0.2, -0.15) is 0 Å². The van der Waals surface area contributed by atoms with Gasteiger partial charge in [0, 0.05) is 12.1 Å². The number of benzene rings is 2. The molecule has 2 aromatic carbocycles. The number of rotatable bonds is 6. The van der Waals surface area contributed by atoms with Crippen molar-refractivity contribution >= 4 is 11.8 Å². The van der Waals surface area contributed by atoms with Crippen molar-refractivity contribution in [3.8, 4) is 5.75 Å². The van der Waals surface area contributed by atoms with Crippen LogP contribution in [0.2, 0.25) is 0 Å². The Morgan fingerprint density at radius 3 is 2.39 bits per heavy atom. The summed E-state index contributed by atoms with van der Waals surface area (Å²) in [6, 6.07) is 12.7. The molecule has 5 heteroatoms. The normalized spacial score (nSPS) is 10.2. The number of nitrogens with two attached hydrogens (primary N) is 1.